The van der Waals surface area contributed by atoms with Crippen LogP contribution in [0.15, 0.2) is 18.2 Å². The number of likely N-dealkylation sites (tertiary alicyclic amines) is 2. The van der Waals surface area contributed by atoms with Crippen LogP contribution in [0.5, 0.6) is 0 Å². The van der Waals surface area contributed by atoms with Crippen molar-refractivity contribution in [3.05, 3.63) is 35.3 Å². The molecule has 0 saturated carbocycles. The first-order valence-electron chi connectivity index (χ1n) is 10.8. The van der Waals surface area contributed by atoms with E-state index in [0.717, 1.165) is 67.7 Å². The lowest BCUT2D eigenvalue weighted by Crippen LogP contribution is -2.34. The molecule has 1 aromatic heterocycles. The Morgan fingerprint density at radius 2 is 1.87 bits per heavy atom. The monoisotopic (exact) mass is 437 g/mol. The molecular weight excluding hydrogens is 405 g/mol. The second-order valence-corrected chi connectivity index (χ2v) is 10.0. The van der Waals surface area contributed by atoms with E-state index in [1.54, 1.807) is 6.07 Å². The fourth-order valence-electron chi connectivity index (χ4n) is 5.00. The highest BCUT2D eigenvalue weighted by Gasteiger charge is 2.27. The number of fused-ring (bicyclic) bond motifs is 1. The Bertz CT molecular complexity index is 992. The van der Waals surface area contributed by atoms with Crippen LogP contribution in [0.3, 0.4) is 0 Å². The highest BCUT2D eigenvalue weighted by Crippen LogP contribution is 2.35. The average Bonchev–Trinajstić information content (AvgIpc) is 3.29. The molecule has 0 amide bonds. The summed E-state index contributed by atoms with van der Waals surface area (Å²) in [5.74, 6) is -0.236. The molecule has 1 aromatic carbocycles. The minimum Gasteiger partial charge on any atom is -0.341 e. The van der Waals surface area contributed by atoms with Crippen molar-refractivity contribution in [2.75, 3.05) is 39.8 Å². The third kappa shape index (κ3) is 4.86. The van der Waals surface area contributed by atoms with E-state index in [4.69, 9.17) is 5.14 Å². The maximum atomic E-state index is 14.2. The fourth-order valence-corrected chi connectivity index (χ4v) is 5.39. The van der Waals surface area contributed by atoms with Crippen molar-refractivity contribution in [2.45, 2.75) is 44.7 Å². The third-order valence-electron chi connectivity index (χ3n) is 6.48. The Hall–Kier alpha value is -1.52. The van der Waals surface area contributed by atoms with Gasteiger partial charge in [0.2, 0.25) is 0 Å². The second kappa shape index (κ2) is 8.92. The van der Waals surface area contributed by atoms with E-state index in [1.165, 1.54) is 18.9 Å². The third-order valence-corrected chi connectivity index (χ3v) is 7.09. The van der Waals surface area contributed by atoms with Gasteiger partial charge in [0.1, 0.15) is 5.82 Å². The molecule has 0 aliphatic carbocycles. The molecule has 0 radical (unpaired) electrons. The SMILES string of the molecule is CN1CCC(n2c(CCNS(N)(=O)=O)c(CN3CCCC3)c3cc(F)ccc32)CC1. The number of aromatic nitrogens is 1. The van der Waals surface area contributed by atoms with Crippen LogP contribution in [0.2, 0.25) is 0 Å². The van der Waals surface area contributed by atoms with Gasteiger partial charge in [-0.25, -0.2) is 14.3 Å². The van der Waals surface area contributed by atoms with Crippen molar-refractivity contribution in [3.63, 3.8) is 0 Å². The first kappa shape index (κ1) is 21.7. The molecule has 9 heteroatoms. The van der Waals surface area contributed by atoms with E-state index < -0.39 is 10.2 Å². The predicted octanol–water partition coefficient (Wildman–Crippen LogP) is 1.98. The number of hydrogen-bond acceptors (Lipinski definition) is 4. The number of hydrogen-bond donors (Lipinski definition) is 2. The summed E-state index contributed by atoms with van der Waals surface area (Å²) in [6, 6.07) is 5.38. The summed E-state index contributed by atoms with van der Waals surface area (Å²) >= 11 is 0. The predicted molar refractivity (Wildman–Crippen MR) is 117 cm³/mol. The largest absolute Gasteiger partial charge is 0.341 e. The van der Waals surface area contributed by atoms with E-state index >= 15 is 0 Å². The van der Waals surface area contributed by atoms with Gasteiger partial charge in [-0.15, -0.1) is 0 Å². The number of rotatable bonds is 7. The van der Waals surface area contributed by atoms with Gasteiger partial charge in [0.25, 0.3) is 10.2 Å². The minimum absolute atomic E-state index is 0.233. The summed E-state index contributed by atoms with van der Waals surface area (Å²) in [5.41, 5.74) is 3.28. The molecule has 30 heavy (non-hydrogen) atoms. The van der Waals surface area contributed by atoms with Gasteiger partial charge in [-0.05, 0) is 82.7 Å². The second-order valence-electron chi connectivity index (χ2n) is 8.66. The lowest BCUT2D eigenvalue weighted by molar-refractivity contribution is 0.221. The zero-order chi connectivity index (χ0) is 21.3. The van der Waals surface area contributed by atoms with Crippen molar-refractivity contribution in [3.8, 4) is 0 Å². The molecule has 2 aromatic rings. The van der Waals surface area contributed by atoms with Gasteiger partial charge < -0.3 is 9.47 Å². The quantitative estimate of drug-likeness (QED) is 0.694. The molecular formula is C21H32FN5O2S. The number of halogens is 1. The Labute approximate surface area is 178 Å². The highest BCUT2D eigenvalue weighted by molar-refractivity contribution is 7.87. The summed E-state index contributed by atoms with van der Waals surface area (Å²) < 4.78 is 41.9. The average molecular weight is 438 g/mol. The van der Waals surface area contributed by atoms with Crippen LogP contribution < -0.4 is 9.86 Å². The van der Waals surface area contributed by atoms with Crippen LogP contribution in [-0.4, -0.2) is 62.6 Å². The maximum Gasteiger partial charge on any atom is 0.274 e. The summed E-state index contributed by atoms with van der Waals surface area (Å²) in [6.45, 7) is 5.13. The molecule has 3 N–H and O–H groups in total. The van der Waals surface area contributed by atoms with E-state index in [1.807, 2.05) is 6.07 Å². The first-order valence-corrected chi connectivity index (χ1v) is 12.4. The summed E-state index contributed by atoms with van der Waals surface area (Å²) in [4.78, 5) is 4.74. The van der Waals surface area contributed by atoms with Gasteiger partial charge in [-0.3, -0.25) is 4.90 Å². The van der Waals surface area contributed by atoms with Crippen LogP contribution in [0.4, 0.5) is 4.39 Å². The highest BCUT2D eigenvalue weighted by atomic mass is 32.2. The Morgan fingerprint density at radius 3 is 2.53 bits per heavy atom. The van der Waals surface area contributed by atoms with Crippen LogP contribution in [-0.2, 0) is 23.2 Å². The zero-order valence-corrected chi connectivity index (χ0v) is 18.4. The van der Waals surface area contributed by atoms with Crippen molar-refractivity contribution in [1.29, 1.82) is 0 Å². The molecule has 2 aliphatic heterocycles. The minimum atomic E-state index is -3.75. The molecule has 0 unspecified atom stereocenters. The molecule has 2 saturated heterocycles. The van der Waals surface area contributed by atoms with Crippen molar-refractivity contribution in [1.82, 2.24) is 19.1 Å². The van der Waals surface area contributed by atoms with Crippen LogP contribution in [0.25, 0.3) is 10.9 Å². The lowest BCUT2D eigenvalue weighted by Gasteiger charge is -2.32. The Kier molecular flexibility index (Phi) is 6.45. The van der Waals surface area contributed by atoms with Gasteiger partial charge >= 0.3 is 0 Å². The van der Waals surface area contributed by atoms with E-state index in [0.29, 0.717) is 12.5 Å². The van der Waals surface area contributed by atoms with Crippen molar-refractivity contribution >= 4 is 21.1 Å². The fraction of sp³-hybridized carbons (Fsp3) is 0.619. The molecule has 0 atom stereocenters. The molecule has 0 bridgehead atoms. The zero-order valence-electron chi connectivity index (χ0n) is 17.6. The van der Waals surface area contributed by atoms with Crippen LogP contribution in [0, 0.1) is 5.82 Å². The summed E-state index contributed by atoms with van der Waals surface area (Å²) in [7, 11) is -1.61. The van der Waals surface area contributed by atoms with Gasteiger partial charge in [0, 0.05) is 42.1 Å². The number of nitrogens with zero attached hydrogens (tertiary/aromatic N) is 3. The normalized spacial score (nSPS) is 19.8. The Balaban J connectivity index is 1.77. The van der Waals surface area contributed by atoms with Crippen LogP contribution in [0.1, 0.15) is 43.0 Å². The van der Waals surface area contributed by atoms with Crippen LogP contribution >= 0.6 is 0 Å². The van der Waals surface area contributed by atoms with Crippen molar-refractivity contribution < 1.29 is 12.8 Å². The Morgan fingerprint density at radius 1 is 1.17 bits per heavy atom. The van der Waals surface area contributed by atoms with Gasteiger partial charge in [-0.1, -0.05) is 0 Å². The van der Waals surface area contributed by atoms with Gasteiger partial charge in [-0.2, -0.15) is 8.42 Å². The molecule has 2 fully saturated rings. The lowest BCUT2D eigenvalue weighted by atomic mass is 10.0. The van der Waals surface area contributed by atoms with E-state index in [-0.39, 0.29) is 12.4 Å². The summed E-state index contributed by atoms with van der Waals surface area (Å²) in [6.07, 6.45) is 4.95. The van der Waals surface area contributed by atoms with E-state index in [9.17, 15) is 12.8 Å². The first-order chi connectivity index (χ1) is 14.3. The summed E-state index contributed by atoms with van der Waals surface area (Å²) in [5, 5.41) is 6.10. The number of nitrogens with one attached hydrogen (secondary N) is 1. The number of nitrogens with two attached hydrogens (primary N) is 1. The van der Waals surface area contributed by atoms with Gasteiger partial charge in [0.15, 0.2) is 0 Å². The van der Waals surface area contributed by atoms with Gasteiger partial charge in [0.05, 0.1) is 0 Å². The smallest absolute Gasteiger partial charge is 0.274 e. The van der Waals surface area contributed by atoms with Crippen molar-refractivity contribution in [2.24, 2.45) is 5.14 Å². The molecule has 7 nitrogen and oxygen atoms in total. The topological polar surface area (TPSA) is 83.6 Å². The molecule has 3 heterocycles. The number of piperidine rings is 1. The molecule has 2 aliphatic rings. The van der Waals surface area contributed by atoms with E-state index in [2.05, 4.69) is 26.1 Å². The maximum absolute atomic E-state index is 14.2. The standard InChI is InChI=1S/C21H32FN5O2S/c1-25-12-7-17(8-13-25)27-20-5-4-16(22)14-18(20)19(15-26-10-2-3-11-26)21(27)6-9-24-30(23,28)29/h4-5,14,17,24H,2-3,6-13,15H2,1H3,(H2,23,28,29). The molecule has 4 rings (SSSR count). The molecule has 0 spiro atoms. The molecule has 166 valence electrons. The number of benzene rings is 1.